The van der Waals surface area contributed by atoms with E-state index in [0.29, 0.717) is 12.6 Å². The lowest BCUT2D eigenvalue weighted by Crippen LogP contribution is -2.30. The summed E-state index contributed by atoms with van der Waals surface area (Å²) < 4.78 is 5.49. The molecule has 0 bridgehead atoms. The summed E-state index contributed by atoms with van der Waals surface area (Å²) in [6.07, 6.45) is 4.06. The lowest BCUT2D eigenvalue weighted by atomic mass is 9.80. The van der Waals surface area contributed by atoms with Gasteiger partial charge >= 0.3 is 0 Å². The largest absolute Gasteiger partial charge is 0.494 e. The fourth-order valence-electron chi connectivity index (χ4n) is 2.28. The third-order valence-corrected chi connectivity index (χ3v) is 3.49. The van der Waals surface area contributed by atoms with Gasteiger partial charge in [-0.3, -0.25) is 0 Å². The molecule has 17 heavy (non-hydrogen) atoms. The molecule has 3 heteroatoms. The van der Waals surface area contributed by atoms with Gasteiger partial charge in [-0.1, -0.05) is 6.42 Å². The number of anilines is 2. The van der Waals surface area contributed by atoms with Crippen molar-refractivity contribution in [2.75, 3.05) is 17.7 Å². The minimum atomic E-state index is 0.514. The maximum atomic E-state index is 5.87. The van der Waals surface area contributed by atoms with E-state index in [-0.39, 0.29) is 0 Å². The SMILES string of the molecule is CCOc1cc(N)cc(NC(C)C2CCC2)c1. The average Bonchev–Trinajstić information content (AvgIpc) is 2.13. The zero-order valence-corrected chi connectivity index (χ0v) is 10.7. The minimum absolute atomic E-state index is 0.514. The van der Waals surface area contributed by atoms with E-state index in [9.17, 15) is 0 Å². The lowest BCUT2D eigenvalue weighted by Gasteiger charge is -2.32. The molecule has 0 spiro atoms. The van der Waals surface area contributed by atoms with Gasteiger partial charge in [0.25, 0.3) is 0 Å². The molecule has 2 rings (SSSR count). The van der Waals surface area contributed by atoms with Crippen LogP contribution in [0.15, 0.2) is 18.2 Å². The van der Waals surface area contributed by atoms with Gasteiger partial charge in [0.05, 0.1) is 6.61 Å². The summed E-state index contributed by atoms with van der Waals surface area (Å²) in [5.41, 5.74) is 7.68. The van der Waals surface area contributed by atoms with E-state index in [0.717, 1.165) is 23.0 Å². The first-order valence-electron chi connectivity index (χ1n) is 6.49. The fourth-order valence-corrected chi connectivity index (χ4v) is 2.28. The van der Waals surface area contributed by atoms with Crippen molar-refractivity contribution < 1.29 is 4.74 Å². The summed E-state index contributed by atoms with van der Waals surface area (Å²) >= 11 is 0. The standard InChI is InChI=1S/C14H22N2O/c1-3-17-14-8-12(15)7-13(9-14)16-10(2)11-5-4-6-11/h7-11,16H,3-6,15H2,1-2H3. The molecule has 0 amide bonds. The molecule has 1 atom stereocenters. The molecule has 94 valence electrons. The number of nitrogen functional groups attached to an aromatic ring is 1. The highest BCUT2D eigenvalue weighted by Crippen LogP contribution is 2.32. The van der Waals surface area contributed by atoms with Crippen LogP contribution in [0.3, 0.4) is 0 Å². The molecule has 1 aromatic carbocycles. The van der Waals surface area contributed by atoms with E-state index in [1.807, 2.05) is 25.1 Å². The van der Waals surface area contributed by atoms with E-state index < -0.39 is 0 Å². The molecule has 1 aromatic rings. The van der Waals surface area contributed by atoms with Crippen molar-refractivity contribution in [3.63, 3.8) is 0 Å². The number of hydrogen-bond donors (Lipinski definition) is 2. The van der Waals surface area contributed by atoms with E-state index in [1.54, 1.807) is 0 Å². The van der Waals surface area contributed by atoms with Crippen molar-refractivity contribution >= 4 is 11.4 Å². The van der Waals surface area contributed by atoms with Crippen LogP contribution >= 0.6 is 0 Å². The summed E-state index contributed by atoms with van der Waals surface area (Å²) in [6, 6.07) is 6.37. The normalized spacial score (nSPS) is 17.3. The Labute approximate surface area is 103 Å². The van der Waals surface area contributed by atoms with Crippen LogP contribution in [-0.2, 0) is 0 Å². The molecule has 1 saturated carbocycles. The molecule has 0 saturated heterocycles. The van der Waals surface area contributed by atoms with Gasteiger partial charge in [0.15, 0.2) is 0 Å². The first-order chi connectivity index (χ1) is 8.19. The molecule has 1 aliphatic rings. The van der Waals surface area contributed by atoms with Gasteiger partial charge < -0.3 is 15.8 Å². The van der Waals surface area contributed by atoms with Crippen LogP contribution in [0.2, 0.25) is 0 Å². The Balaban J connectivity index is 2.03. The van der Waals surface area contributed by atoms with Crippen LogP contribution in [0.1, 0.15) is 33.1 Å². The maximum absolute atomic E-state index is 5.87. The van der Waals surface area contributed by atoms with Crippen molar-refractivity contribution in [2.24, 2.45) is 5.92 Å². The molecule has 0 aromatic heterocycles. The molecule has 3 nitrogen and oxygen atoms in total. The molecule has 1 unspecified atom stereocenters. The lowest BCUT2D eigenvalue weighted by molar-refractivity contribution is 0.285. The number of ether oxygens (including phenoxy) is 1. The van der Waals surface area contributed by atoms with Crippen LogP contribution < -0.4 is 15.8 Å². The summed E-state index contributed by atoms with van der Waals surface area (Å²) in [4.78, 5) is 0. The van der Waals surface area contributed by atoms with Gasteiger partial charge in [0, 0.05) is 29.5 Å². The third-order valence-electron chi connectivity index (χ3n) is 3.49. The Bertz CT molecular complexity index is 374. The first-order valence-corrected chi connectivity index (χ1v) is 6.49. The van der Waals surface area contributed by atoms with Crippen molar-refractivity contribution in [1.29, 1.82) is 0 Å². The number of nitrogens with two attached hydrogens (primary N) is 1. The Kier molecular flexibility index (Phi) is 3.77. The maximum Gasteiger partial charge on any atom is 0.123 e. The van der Waals surface area contributed by atoms with Gasteiger partial charge in [-0.15, -0.1) is 0 Å². The van der Waals surface area contributed by atoms with Crippen LogP contribution in [0, 0.1) is 5.92 Å². The summed E-state index contributed by atoms with van der Waals surface area (Å²) in [5.74, 6) is 1.66. The van der Waals surface area contributed by atoms with E-state index in [4.69, 9.17) is 10.5 Å². The zero-order chi connectivity index (χ0) is 12.3. The highest BCUT2D eigenvalue weighted by atomic mass is 16.5. The smallest absolute Gasteiger partial charge is 0.123 e. The average molecular weight is 234 g/mol. The van der Waals surface area contributed by atoms with Gasteiger partial charge in [0.1, 0.15) is 5.75 Å². The third kappa shape index (κ3) is 3.05. The molecule has 0 heterocycles. The Hall–Kier alpha value is -1.38. The second kappa shape index (κ2) is 5.30. The van der Waals surface area contributed by atoms with Crippen LogP contribution in [0.25, 0.3) is 0 Å². The van der Waals surface area contributed by atoms with Gasteiger partial charge in [-0.25, -0.2) is 0 Å². The number of nitrogens with one attached hydrogen (secondary N) is 1. The van der Waals surface area contributed by atoms with Crippen molar-refractivity contribution in [3.8, 4) is 5.75 Å². The van der Waals surface area contributed by atoms with Crippen molar-refractivity contribution in [2.45, 2.75) is 39.2 Å². The number of hydrogen-bond acceptors (Lipinski definition) is 3. The highest BCUT2D eigenvalue weighted by molar-refractivity contribution is 5.59. The van der Waals surface area contributed by atoms with Crippen LogP contribution in [0.4, 0.5) is 11.4 Å². The van der Waals surface area contributed by atoms with Crippen molar-refractivity contribution in [3.05, 3.63) is 18.2 Å². The molecule has 1 fully saturated rings. The number of rotatable bonds is 5. The predicted octanol–water partition coefficient (Wildman–Crippen LogP) is 3.27. The van der Waals surface area contributed by atoms with Crippen LogP contribution in [0.5, 0.6) is 5.75 Å². The summed E-state index contributed by atoms with van der Waals surface area (Å²) in [7, 11) is 0. The second-order valence-corrected chi connectivity index (χ2v) is 4.85. The summed E-state index contributed by atoms with van der Waals surface area (Å²) in [5, 5.41) is 3.52. The minimum Gasteiger partial charge on any atom is -0.494 e. The predicted molar refractivity (Wildman–Crippen MR) is 72.4 cm³/mol. The monoisotopic (exact) mass is 234 g/mol. The molecular formula is C14H22N2O. The molecule has 0 aliphatic heterocycles. The molecular weight excluding hydrogens is 212 g/mol. The van der Waals surface area contributed by atoms with Crippen LogP contribution in [-0.4, -0.2) is 12.6 Å². The van der Waals surface area contributed by atoms with E-state index in [2.05, 4.69) is 12.2 Å². The summed E-state index contributed by atoms with van der Waals surface area (Å²) in [6.45, 7) is 4.89. The van der Waals surface area contributed by atoms with Gasteiger partial charge in [-0.05, 0) is 38.7 Å². The van der Waals surface area contributed by atoms with Gasteiger partial charge in [-0.2, -0.15) is 0 Å². The Morgan fingerprint density at radius 3 is 2.76 bits per heavy atom. The topological polar surface area (TPSA) is 47.3 Å². The zero-order valence-electron chi connectivity index (χ0n) is 10.7. The van der Waals surface area contributed by atoms with E-state index >= 15 is 0 Å². The van der Waals surface area contributed by atoms with Gasteiger partial charge in [0.2, 0.25) is 0 Å². The molecule has 1 aliphatic carbocycles. The Morgan fingerprint density at radius 2 is 2.18 bits per heavy atom. The number of benzene rings is 1. The highest BCUT2D eigenvalue weighted by Gasteiger charge is 2.23. The molecule has 3 N–H and O–H groups in total. The quantitative estimate of drug-likeness (QED) is 0.769. The second-order valence-electron chi connectivity index (χ2n) is 4.85. The first kappa shape index (κ1) is 12.1. The Morgan fingerprint density at radius 1 is 1.41 bits per heavy atom. The van der Waals surface area contributed by atoms with E-state index in [1.165, 1.54) is 19.3 Å². The fraction of sp³-hybridized carbons (Fsp3) is 0.571. The molecule has 0 radical (unpaired) electrons. The van der Waals surface area contributed by atoms with Crippen molar-refractivity contribution in [1.82, 2.24) is 0 Å².